The number of hydrogen-bond acceptors (Lipinski definition) is 26. The maximum absolute atomic E-state index is 14.6. The lowest BCUT2D eigenvalue weighted by Crippen LogP contribution is -2.53. The van der Waals surface area contributed by atoms with E-state index in [9.17, 15) is 81.7 Å². The molecule has 0 fully saturated rings. The number of carbonyl (C=O) groups excluding carboxylic acids is 12. The van der Waals surface area contributed by atoms with Crippen LogP contribution in [0.5, 0.6) is 0 Å². The molecule has 0 radical (unpaired) electrons. The number of alkyl halides is 1. The summed E-state index contributed by atoms with van der Waals surface area (Å²) in [6, 6.07) is 7.76. The number of fused-ring (bicyclic) bond motifs is 4. The summed E-state index contributed by atoms with van der Waals surface area (Å²) < 4.78 is 38.9. The number of guanidine groups is 2. The molecular formula is C80H118FN27O20. The van der Waals surface area contributed by atoms with E-state index in [1.807, 2.05) is 0 Å². The summed E-state index contributed by atoms with van der Waals surface area (Å²) in [5.41, 5.74) is 13.3. The third kappa shape index (κ3) is 39.1. The molecule has 8 atom stereocenters. The first kappa shape index (κ1) is 102. The molecule has 5 aromatic rings. The minimum Gasteiger partial charge on any atom is -0.481 e. The number of aromatic nitrogens is 9. The standard InChI is InChI=1S/C80H118FN27O20/c81-26-11-18-54-48-106(102-99-54)51-69(113)88-31-35-126-37-39-128-41-40-127-38-36-125-34-25-70(114)105(32-23-65(109)86-27-9-7-21-63-77(123)95-55(19-12-29-89-79(82)83)73(119)91-46-67(111)93-59(44-71(115)116)75(121)97-57(61-49-107(63)103-100-61)42-52-14-3-1-4-15-52)33-24-66(110)87-28-10-8-22-64-78(124)96-56(20-13-30-90-80(84)85)74(120)92-47-68(112)94-60(45-72(117)118)76(122)98-58(62-50-108(64)104-101-62)43-53-16-5-2-6-17-53/h1-6,14-17,48-50,55-60,63-64H,7-13,18-47,51H2,(H,86,109)(H,87,110)(H,88,113)(H,91,119)(H,92,120)(H,93,111)(H,94,112)(H,95,123)(H,96,124)(H,97,121)(H,98,122)(H,115,116)(H,117,118)(H4,82,83,89)(H4,84,85,90)/t55-,56-,57-,58-,59-,60-,63-,64-/m0/s1. The normalized spacial score (nSPS) is 18.4. The average molecular weight is 1800 g/mol. The number of aliphatic carboxylic acids is 2. The predicted molar refractivity (Wildman–Crippen MR) is 451 cm³/mol. The Labute approximate surface area is 736 Å². The third-order valence-corrected chi connectivity index (χ3v) is 20.0. The molecule has 2 aliphatic heterocycles. The van der Waals surface area contributed by atoms with Crippen molar-refractivity contribution in [2.24, 2.45) is 11.5 Å². The van der Waals surface area contributed by atoms with E-state index in [2.05, 4.69) is 100 Å². The van der Waals surface area contributed by atoms with Crippen LogP contribution in [0.3, 0.4) is 0 Å². The number of rotatable bonds is 52. The highest BCUT2D eigenvalue weighted by Crippen LogP contribution is 2.25. The Kier molecular flexibility index (Phi) is 45.1. The van der Waals surface area contributed by atoms with Crippen molar-refractivity contribution in [3.8, 4) is 0 Å². The molecule has 0 saturated carbocycles. The zero-order valence-corrected chi connectivity index (χ0v) is 71.2. The fourth-order valence-corrected chi connectivity index (χ4v) is 13.4. The van der Waals surface area contributed by atoms with E-state index in [1.165, 1.54) is 31.3 Å². The van der Waals surface area contributed by atoms with Crippen LogP contribution in [0, 0.1) is 10.8 Å². The number of benzene rings is 2. The molecule has 47 nitrogen and oxygen atoms in total. The van der Waals surface area contributed by atoms with E-state index >= 15 is 0 Å². The van der Waals surface area contributed by atoms with Gasteiger partial charge in [0, 0.05) is 64.9 Å². The van der Waals surface area contributed by atoms with Gasteiger partial charge in [-0.15, -0.1) is 15.3 Å². The summed E-state index contributed by atoms with van der Waals surface area (Å²) in [7, 11) is 0. The summed E-state index contributed by atoms with van der Waals surface area (Å²) in [5, 5.41) is 94.2. The van der Waals surface area contributed by atoms with Crippen molar-refractivity contribution in [1.82, 2.24) is 119 Å². The van der Waals surface area contributed by atoms with Crippen LogP contribution in [0.25, 0.3) is 0 Å². The quantitative estimate of drug-likeness (QED) is 0.0100. The summed E-state index contributed by atoms with van der Waals surface area (Å²) in [5.74, 6) is -11.7. The number of halogens is 1. The molecule has 12 amide bonds. The van der Waals surface area contributed by atoms with E-state index in [-0.39, 0.29) is 231 Å². The lowest BCUT2D eigenvalue weighted by Gasteiger charge is -2.24. The second-order valence-electron chi connectivity index (χ2n) is 30.1. The summed E-state index contributed by atoms with van der Waals surface area (Å²) in [6.45, 7) is -0.217. The summed E-state index contributed by atoms with van der Waals surface area (Å²) >= 11 is 0. The Morgan fingerprint density at radius 1 is 0.453 bits per heavy atom. The molecule has 7 rings (SSSR count). The van der Waals surface area contributed by atoms with E-state index in [4.69, 9.17) is 41.2 Å². The van der Waals surface area contributed by atoms with Gasteiger partial charge in [0.25, 0.3) is 0 Å². The predicted octanol–water partition coefficient (Wildman–Crippen LogP) is -3.92. The maximum Gasteiger partial charge on any atom is 0.305 e. The SMILES string of the molecule is N=C(N)NCCC[C@@H]1NC(=O)[C@H](CCCCNC(=O)CCN(CCC(=O)NCCCC[C@H]2C(=O)N[C@@H](CCCNC(=N)N)C(=O)NCC(=O)N[C@@H](CC(=O)O)C(=O)N[C@@H](Cc3ccccc3)c3cn2nn3)C(=O)CCOCCOCCOCCOCCNC(=O)Cn2cc(CCCF)nn2)n2cc(nn2)[C@H](Cc2ccccc2)NC(=O)[C@H](CC(=O)O)NC(=O)CNC1=O. The first-order valence-electron chi connectivity index (χ1n) is 42.4. The van der Waals surface area contributed by atoms with Gasteiger partial charge in [0.05, 0.1) is 122 Å². The lowest BCUT2D eigenvalue weighted by molar-refractivity contribution is -0.141. The van der Waals surface area contributed by atoms with Gasteiger partial charge in [0.2, 0.25) is 70.9 Å². The van der Waals surface area contributed by atoms with Crippen LogP contribution in [0.2, 0.25) is 0 Å². The van der Waals surface area contributed by atoms with Crippen molar-refractivity contribution >= 4 is 94.7 Å². The largest absolute Gasteiger partial charge is 0.481 e. The Morgan fingerprint density at radius 3 is 1.31 bits per heavy atom. The number of unbranched alkanes of at least 4 members (excludes halogenated alkanes) is 2. The van der Waals surface area contributed by atoms with Gasteiger partial charge in [0.1, 0.15) is 54.2 Å². The van der Waals surface area contributed by atoms with Gasteiger partial charge < -0.3 is 115 Å². The first-order chi connectivity index (χ1) is 61.7. The highest BCUT2D eigenvalue weighted by Gasteiger charge is 2.36. The minimum atomic E-state index is -1.60. The van der Waals surface area contributed by atoms with Gasteiger partial charge in [-0.25, -0.2) is 14.0 Å². The van der Waals surface area contributed by atoms with Crippen LogP contribution in [-0.2, 0) is 112 Å². The topological polar surface area (TPSA) is 668 Å². The Balaban J connectivity index is 0.978. The second-order valence-corrected chi connectivity index (χ2v) is 30.1. The maximum atomic E-state index is 14.6. The average Bonchev–Trinajstić information content (AvgIpc) is 1.68. The second kappa shape index (κ2) is 56.7. The minimum absolute atomic E-state index is 0.0203. The molecule has 0 saturated heterocycles. The molecule has 2 aliphatic rings. The number of nitrogens with two attached hydrogens (primary N) is 2. The molecular weight excluding hydrogens is 1680 g/mol. The fourth-order valence-electron chi connectivity index (χ4n) is 13.4. The number of amides is 12. The summed E-state index contributed by atoms with van der Waals surface area (Å²) in [6.07, 6.45) is 4.68. The number of carboxylic acids is 2. The zero-order valence-electron chi connectivity index (χ0n) is 71.2. The van der Waals surface area contributed by atoms with Crippen LogP contribution in [-0.4, -0.2) is 297 Å². The molecule has 0 unspecified atom stereocenters. The van der Waals surface area contributed by atoms with Crippen molar-refractivity contribution in [3.63, 3.8) is 0 Å². The molecule has 0 aliphatic carbocycles. The summed E-state index contributed by atoms with van der Waals surface area (Å²) in [4.78, 5) is 190. The number of carbonyl (C=O) groups is 14. The van der Waals surface area contributed by atoms with E-state index in [0.29, 0.717) is 18.5 Å². The van der Waals surface area contributed by atoms with Crippen LogP contribution >= 0.6 is 0 Å². The lowest BCUT2D eigenvalue weighted by atomic mass is 10.0. The van der Waals surface area contributed by atoms with Crippen molar-refractivity contribution < 1.29 is 101 Å². The molecule has 21 N–H and O–H groups in total. The van der Waals surface area contributed by atoms with Crippen LogP contribution in [0.1, 0.15) is 155 Å². The number of carboxylic acid groups (broad SMARTS) is 2. The molecule has 700 valence electrons. The van der Waals surface area contributed by atoms with Gasteiger partial charge in [-0.2, -0.15) is 0 Å². The number of ether oxygens (including phenoxy) is 4. The molecule has 3 aromatic heterocycles. The smallest absolute Gasteiger partial charge is 0.305 e. The van der Waals surface area contributed by atoms with Crippen molar-refractivity contribution in [3.05, 3.63) is 107 Å². The Hall–Kier alpha value is -13.3. The van der Waals surface area contributed by atoms with Crippen LogP contribution in [0.4, 0.5) is 4.39 Å². The zero-order chi connectivity index (χ0) is 92.4. The van der Waals surface area contributed by atoms with Gasteiger partial charge in [-0.1, -0.05) is 76.3 Å². The number of hydrogen-bond donors (Lipinski definition) is 19. The van der Waals surface area contributed by atoms with Gasteiger partial charge >= 0.3 is 11.9 Å². The Morgan fingerprint density at radius 2 is 0.875 bits per heavy atom. The fraction of sp³-hybridized carbons (Fsp3) is 0.575. The van der Waals surface area contributed by atoms with Gasteiger partial charge in [-0.3, -0.25) is 82.3 Å². The first-order valence-corrected chi connectivity index (χ1v) is 42.4. The van der Waals surface area contributed by atoms with Gasteiger partial charge in [-0.05, 0) is 101 Å². The Bertz CT molecular complexity index is 4210. The van der Waals surface area contributed by atoms with E-state index in [1.54, 1.807) is 66.9 Å². The van der Waals surface area contributed by atoms with Crippen LogP contribution in [0.15, 0.2) is 79.3 Å². The van der Waals surface area contributed by atoms with Crippen molar-refractivity contribution in [1.29, 1.82) is 10.8 Å². The van der Waals surface area contributed by atoms with Crippen molar-refractivity contribution in [2.75, 3.05) is 118 Å². The number of aryl methyl sites for hydroxylation is 1. The van der Waals surface area contributed by atoms with Crippen LogP contribution < -0.4 is 80.6 Å². The van der Waals surface area contributed by atoms with E-state index in [0.717, 1.165) is 11.1 Å². The number of nitrogens with one attached hydrogen (secondary N) is 15. The molecule has 128 heavy (non-hydrogen) atoms. The van der Waals surface area contributed by atoms with Crippen molar-refractivity contribution in [2.45, 2.75) is 177 Å². The number of nitrogens with zero attached hydrogens (tertiary/aromatic N) is 10. The van der Waals surface area contributed by atoms with Gasteiger partial charge in [0.15, 0.2) is 11.9 Å². The monoisotopic (exact) mass is 1800 g/mol. The molecule has 48 heteroatoms. The highest BCUT2D eigenvalue weighted by atomic mass is 19.1. The molecule has 2 aromatic carbocycles. The highest BCUT2D eigenvalue weighted by molar-refractivity contribution is 5.96. The molecule has 5 heterocycles. The van der Waals surface area contributed by atoms with E-state index < -0.39 is 158 Å². The molecule has 0 spiro atoms. The third-order valence-electron chi connectivity index (χ3n) is 20.0. The molecule has 4 bridgehead atoms.